The third kappa shape index (κ3) is 3.02. The molecule has 0 fully saturated rings. The minimum atomic E-state index is -0.308. The zero-order valence-electron chi connectivity index (χ0n) is 13.8. The summed E-state index contributed by atoms with van der Waals surface area (Å²) in [5, 5.41) is 4.73. The molecule has 0 aliphatic carbocycles. The van der Waals surface area contributed by atoms with Crippen molar-refractivity contribution in [3.8, 4) is 5.75 Å². The summed E-state index contributed by atoms with van der Waals surface area (Å²) in [4.78, 5) is 23.2. The lowest BCUT2D eigenvalue weighted by Crippen LogP contribution is -2.20. The van der Waals surface area contributed by atoms with Gasteiger partial charge < -0.3 is 14.5 Å². The van der Waals surface area contributed by atoms with Gasteiger partial charge in [0.15, 0.2) is 12.9 Å². The van der Waals surface area contributed by atoms with Crippen molar-refractivity contribution < 1.29 is 18.7 Å². The highest BCUT2D eigenvalue weighted by Gasteiger charge is 2.10. The fraction of sp³-hybridized carbons (Fsp3) is 0.0476. The van der Waals surface area contributed by atoms with Crippen molar-refractivity contribution in [2.45, 2.75) is 0 Å². The Morgan fingerprint density at radius 3 is 2.62 bits per heavy atom. The second-order valence-electron chi connectivity index (χ2n) is 5.80. The molecule has 26 heavy (non-hydrogen) atoms. The fourth-order valence-corrected chi connectivity index (χ4v) is 2.85. The van der Waals surface area contributed by atoms with Gasteiger partial charge in [0, 0.05) is 16.5 Å². The smallest absolute Gasteiger partial charge is 0.262 e. The first kappa shape index (κ1) is 15.9. The highest BCUT2D eigenvalue weighted by Crippen LogP contribution is 2.30. The average Bonchev–Trinajstić information content (AvgIpc) is 3.04. The van der Waals surface area contributed by atoms with E-state index >= 15 is 0 Å². The third-order valence-corrected chi connectivity index (χ3v) is 4.07. The van der Waals surface area contributed by atoms with E-state index in [1.807, 2.05) is 36.4 Å². The van der Waals surface area contributed by atoms with Gasteiger partial charge in [-0.15, -0.1) is 0 Å². The van der Waals surface area contributed by atoms with Crippen LogP contribution in [-0.2, 0) is 4.79 Å². The molecule has 0 radical (unpaired) electrons. The number of hydrogen-bond donors (Lipinski definition) is 1. The number of ether oxygens (including phenoxy) is 1. The second-order valence-corrected chi connectivity index (χ2v) is 5.80. The van der Waals surface area contributed by atoms with Crippen LogP contribution in [0.3, 0.4) is 0 Å². The van der Waals surface area contributed by atoms with Crippen LogP contribution in [0.1, 0.15) is 10.4 Å². The molecule has 0 unspecified atom stereocenters. The summed E-state index contributed by atoms with van der Waals surface area (Å²) in [5.74, 6) is 0.0757. The predicted octanol–water partition coefficient (Wildman–Crippen LogP) is 4.42. The molecule has 4 aromatic rings. The van der Waals surface area contributed by atoms with Gasteiger partial charge >= 0.3 is 0 Å². The standard InChI is InChI=1S/C21H15NO4/c23-12-14-5-1-3-7-18(14)25-13-21(24)22-15-9-10-20-17(11-15)16-6-2-4-8-19(16)26-20/h1-12H,13H2,(H,22,24). The van der Waals surface area contributed by atoms with Crippen LogP contribution in [0.15, 0.2) is 71.1 Å². The van der Waals surface area contributed by atoms with Crippen LogP contribution in [-0.4, -0.2) is 18.8 Å². The summed E-state index contributed by atoms with van der Waals surface area (Å²) in [7, 11) is 0. The summed E-state index contributed by atoms with van der Waals surface area (Å²) in [6, 6.07) is 20.0. The van der Waals surface area contributed by atoms with Gasteiger partial charge in [0.05, 0.1) is 5.56 Å². The van der Waals surface area contributed by atoms with Crippen molar-refractivity contribution in [3.05, 3.63) is 72.3 Å². The average molecular weight is 345 g/mol. The normalized spacial score (nSPS) is 10.8. The van der Waals surface area contributed by atoms with Crippen LogP contribution in [0.4, 0.5) is 5.69 Å². The van der Waals surface area contributed by atoms with Crippen LogP contribution in [0.5, 0.6) is 5.75 Å². The first-order valence-corrected chi connectivity index (χ1v) is 8.13. The first-order valence-electron chi connectivity index (χ1n) is 8.13. The van der Waals surface area contributed by atoms with Crippen LogP contribution in [0.2, 0.25) is 0 Å². The number of para-hydroxylation sites is 2. The molecule has 1 amide bonds. The van der Waals surface area contributed by atoms with Gasteiger partial charge in [-0.2, -0.15) is 0 Å². The molecular formula is C21H15NO4. The van der Waals surface area contributed by atoms with E-state index in [0.29, 0.717) is 23.3 Å². The molecular weight excluding hydrogens is 330 g/mol. The van der Waals surface area contributed by atoms with E-state index in [2.05, 4.69) is 5.32 Å². The molecule has 4 rings (SSSR count). The molecule has 0 aliphatic heterocycles. The molecule has 1 heterocycles. The largest absolute Gasteiger partial charge is 0.483 e. The van der Waals surface area contributed by atoms with Gasteiger partial charge in [0.1, 0.15) is 16.9 Å². The molecule has 0 bridgehead atoms. The van der Waals surface area contributed by atoms with Gasteiger partial charge in [-0.1, -0.05) is 30.3 Å². The molecule has 0 saturated carbocycles. The van der Waals surface area contributed by atoms with Crippen molar-refractivity contribution in [2.24, 2.45) is 0 Å². The molecule has 1 N–H and O–H groups in total. The Kier molecular flexibility index (Phi) is 4.11. The van der Waals surface area contributed by atoms with Gasteiger partial charge in [-0.3, -0.25) is 9.59 Å². The van der Waals surface area contributed by atoms with Crippen LogP contribution in [0, 0.1) is 0 Å². The van der Waals surface area contributed by atoms with E-state index < -0.39 is 0 Å². The van der Waals surface area contributed by atoms with Crippen molar-refractivity contribution >= 4 is 39.8 Å². The van der Waals surface area contributed by atoms with Gasteiger partial charge in [0.2, 0.25) is 0 Å². The maximum atomic E-state index is 12.2. The molecule has 1 aromatic heterocycles. The lowest BCUT2D eigenvalue weighted by Gasteiger charge is -2.09. The lowest BCUT2D eigenvalue weighted by atomic mass is 10.1. The minimum absolute atomic E-state index is 0.185. The number of hydrogen-bond acceptors (Lipinski definition) is 4. The number of carbonyl (C=O) groups excluding carboxylic acids is 2. The van der Waals surface area contributed by atoms with Gasteiger partial charge in [0.25, 0.3) is 5.91 Å². The summed E-state index contributed by atoms with van der Waals surface area (Å²) < 4.78 is 11.2. The number of benzene rings is 3. The maximum Gasteiger partial charge on any atom is 0.262 e. The Bertz CT molecular complexity index is 1110. The number of furan rings is 1. The Hall–Kier alpha value is -3.60. The predicted molar refractivity (Wildman–Crippen MR) is 99.7 cm³/mol. The maximum absolute atomic E-state index is 12.2. The molecule has 0 saturated heterocycles. The van der Waals surface area contributed by atoms with Crippen LogP contribution < -0.4 is 10.1 Å². The van der Waals surface area contributed by atoms with E-state index in [4.69, 9.17) is 9.15 Å². The fourth-order valence-electron chi connectivity index (χ4n) is 2.85. The van der Waals surface area contributed by atoms with Crippen LogP contribution in [0.25, 0.3) is 21.9 Å². The summed E-state index contributed by atoms with van der Waals surface area (Å²) in [5.41, 5.74) is 2.63. The molecule has 128 valence electrons. The summed E-state index contributed by atoms with van der Waals surface area (Å²) in [6.45, 7) is -0.185. The molecule has 0 spiro atoms. The van der Waals surface area contributed by atoms with Gasteiger partial charge in [-0.25, -0.2) is 0 Å². The summed E-state index contributed by atoms with van der Waals surface area (Å²) >= 11 is 0. The topological polar surface area (TPSA) is 68.5 Å². The summed E-state index contributed by atoms with van der Waals surface area (Å²) in [6.07, 6.45) is 0.700. The molecule has 3 aromatic carbocycles. The third-order valence-electron chi connectivity index (χ3n) is 4.07. The number of amides is 1. The SMILES string of the molecule is O=Cc1ccccc1OCC(=O)Nc1ccc2oc3ccccc3c2c1. The highest BCUT2D eigenvalue weighted by atomic mass is 16.5. The number of aldehydes is 1. The van der Waals surface area contributed by atoms with E-state index in [9.17, 15) is 9.59 Å². The Morgan fingerprint density at radius 1 is 0.962 bits per heavy atom. The van der Waals surface area contributed by atoms with E-state index in [0.717, 1.165) is 21.9 Å². The Balaban J connectivity index is 1.50. The first-order chi connectivity index (χ1) is 12.7. The molecule has 5 nitrogen and oxygen atoms in total. The van der Waals surface area contributed by atoms with Crippen molar-refractivity contribution in [3.63, 3.8) is 0 Å². The lowest BCUT2D eigenvalue weighted by molar-refractivity contribution is -0.118. The van der Waals surface area contributed by atoms with Gasteiger partial charge in [-0.05, 0) is 36.4 Å². The van der Waals surface area contributed by atoms with E-state index in [1.54, 1.807) is 30.3 Å². The molecule has 0 aliphatic rings. The number of fused-ring (bicyclic) bond motifs is 3. The monoisotopic (exact) mass is 345 g/mol. The quantitative estimate of drug-likeness (QED) is 0.544. The van der Waals surface area contributed by atoms with E-state index in [-0.39, 0.29) is 12.5 Å². The Labute approximate surface area is 149 Å². The van der Waals surface area contributed by atoms with Crippen molar-refractivity contribution in [2.75, 3.05) is 11.9 Å². The number of carbonyl (C=O) groups is 2. The van der Waals surface area contributed by atoms with Crippen molar-refractivity contribution in [1.82, 2.24) is 0 Å². The van der Waals surface area contributed by atoms with Crippen molar-refractivity contribution in [1.29, 1.82) is 0 Å². The Morgan fingerprint density at radius 2 is 1.73 bits per heavy atom. The number of anilines is 1. The minimum Gasteiger partial charge on any atom is -0.483 e. The second kappa shape index (κ2) is 6.72. The zero-order valence-corrected chi connectivity index (χ0v) is 13.8. The molecule has 0 atom stereocenters. The molecule has 5 heteroatoms. The number of nitrogens with one attached hydrogen (secondary N) is 1. The highest BCUT2D eigenvalue weighted by molar-refractivity contribution is 6.07. The zero-order chi connectivity index (χ0) is 17.9. The van der Waals surface area contributed by atoms with Crippen LogP contribution >= 0.6 is 0 Å². The van der Waals surface area contributed by atoms with E-state index in [1.165, 1.54) is 0 Å². The number of rotatable bonds is 5.